The maximum Gasteiger partial charge on any atom is 0.189 e. The molecule has 3 aromatic heterocycles. The van der Waals surface area contributed by atoms with Gasteiger partial charge in [0.2, 0.25) is 0 Å². The summed E-state index contributed by atoms with van der Waals surface area (Å²) in [5.74, 6) is 1.50. The smallest absolute Gasteiger partial charge is 0.189 e. The molecule has 5 rings (SSSR count). The van der Waals surface area contributed by atoms with E-state index < -0.39 is 0 Å². The molecule has 0 atom stereocenters. The molecule has 132 valence electrons. The molecule has 0 amide bonds. The van der Waals surface area contributed by atoms with Crippen molar-refractivity contribution in [2.24, 2.45) is 0 Å². The van der Waals surface area contributed by atoms with Crippen molar-refractivity contribution in [1.82, 2.24) is 24.5 Å². The Morgan fingerprint density at radius 3 is 2.92 bits per heavy atom. The zero-order chi connectivity index (χ0) is 17.7. The van der Waals surface area contributed by atoms with Gasteiger partial charge in [-0.15, -0.1) is 16.4 Å². The number of benzene rings is 1. The molecule has 0 N–H and O–H groups in total. The van der Waals surface area contributed by atoms with Crippen LogP contribution in [0.1, 0.15) is 21.8 Å². The van der Waals surface area contributed by atoms with Gasteiger partial charge in [0.05, 0.1) is 5.39 Å². The highest BCUT2D eigenvalue weighted by atomic mass is 32.1. The number of hydrogen-bond donors (Lipinski definition) is 0. The summed E-state index contributed by atoms with van der Waals surface area (Å²) < 4.78 is 7.61. The van der Waals surface area contributed by atoms with Crippen LogP contribution in [0.5, 0.6) is 5.75 Å². The van der Waals surface area contributed by atoms with Gasteiger partial charge < -0.3 is 9.64 Å². The Hall–Kier alpha value is -2.51. The molecule has 4 aromatic rings. The molecule has 26 heavy (non-hydrogen) atoms. The molecular formula is C19H19N5OS. The monoisotopic (exact) mass is 365 g/mol. The van der Waals surface area contributed by atoms with Crippen LogP contribution in [-0.2, 0) is 19.6 Å². The van der Waals surface area contributed by atoms with E-state index in [-0.39, 0.29) is 0 Å². The second-order valence-corrected chi connectivity index (χ2v) is 7.90. The predicted octanol–water partition coefficient (Wildman–Crippen LogP) is 3.21. The number of aryl methyl sites for hydroxylation is 1. The predicted molar refractivity (Wildman–Crippen MR) is 102 cm³/mol. The maximum atomic E-state index is 5.83. The maximum absolute atomic E-state index is 5.83. The molecule has 0 bridgehead atoms. The summed E-state index contributed by atoms with van der Waals surface area (Å²) in [6, 6.07) is 8.01. The quantitative estimate of drug-likeness (QED) is 0.558. The molecule has 6 nitrogen and oxygen atoms in total. The van der Waals surface area contributed by atoms with Crippen LogP contribution in [0.3, 0.4) is 0 Å². The van der Waals surface area contributed by atoms with E-state index in [4.69, 9.17) is 9.72 Å². The van der Waals surface area contributed by atoms with E-state index in [0.717, 1.165) is 41.1 Å². The van der Waals surface area contributed by atoms with E-state index in [1.165, 1.54) is 16.0 Å². The van der Waals surface area contributed by atoms with Gasteiger partial charge in [0, 0.05) is 18.0 Å². The van der Waals surface area contributed by atoms with Crippen molar-refractivity contribution in [2.45, 2.75) is 26.5 Å². The first kappa shape index (κ1) is 15.7. The van der Waals surface area contributed by atoms with Crippen LogP contribution in [0.25, 0.3) is 15.9 Å². The summed E-state index contributed by atoms with van der Waals surface area (Å²) in [5.41, 5.74) is 3.49. The van der Waals surface area contributed by atoms with E-state index in [0.29, 0.717) is 12.4 Å². The minimum Gasteiger partial charge on any atom is -0.486 e. The molecule has 1 aromatic carbocycles. The summed E-state index contributed by atoms with van der Waals surface area (Å²) in [6.07, 6.45) is 2.79. The SMILES string of the molecule is Cc1ccc(OCc2nc3c4c5c(sc4ncn3n2)CN(C)CC5)cc1. The number of likely N-dealkylation sites (N-methyl/N-ethyl adjacent to an activating group) is 1. The summed E-state index contributed by atoms with van der Waals surface area (Å²) >= 11 is 1.77. The van der Waals surface area contributed by atoms with Crippen molar-refractivity contribution < 1.29 is 4.74 Å². The molecular weight excluding hydrogens is 346 g/mol. The summed E-state index contributed by atoms with van der Waals surface area (Å²) in [5, 5.41) is 5.71. The number of thiophene rings is 1. The number of ether oxygens (including phenoxy) is 1. The number of nitrogens with zero attached hydrogens (tertiary/aromatic N) is 5. The lowest BCUT2D eigenvalue weighted by molar-refractivity contribution is 0.296. The fourth-order valence-electron chi connectivity index (χ4n) is 3.41. The third-order valence-electron chi connectivity index (χ3n) is 4.80. The second-order valence-electron chi connectivity index (χ2n) is 6.81. The molecule has 0 aliphatic carbocycles. The highest BCUT2D eigenvalue weighted by molar-refractivity contribution is 7.19. The molecule has 1 aliphatic rings. The van der Waals surface area contributed by atoms with Crippen LogP contribution in [0.15, 0.2) is 30.6 Å². The fourth-order valence-corrected chi connectivity index (χ4v) is 4.67. The third-order valence-corrected chi connectivity index (χ3v) is 5.93. The molecule has 0 saturated heterocycles. The van der Waals surface area contributed by atoms with E-state index in [1.54, 1.807) is 22.2 Å². The van der Waals surface area contributed by atoms with Gasteiger partial charge in [-0.2, -0.15) is 0 Å². The van der Waals surface area contributed by atoms with Crippen LogP contribution in [0.2, 0.25) is 0 Å². The first-order valence-electron chi connectivity index (χ1n) is 8.70. The number of aromatic nitrogens is 4. The molecule has 0 unspecified atom stereocenters. The first-order chi connectivity index (χ1) is 12.7. The third kappa shape index (κ3) is 2.64. The molecule has 0 radical (unpaired) electrons. The van der Waals surface area contributed by atoms with Crippen molar-refractivity contribution in [3.63, 3.8) is 0 Å². The first-order valence-corrected chi connectivity index (χ1v) is 9.51. The molecule has 1 aliphatic heterocycles. The standard InChI is InChI=1S/C19H19N5OS/c1-12-3-5-13(6-4-12)25-10-16-21-18-17-14-7-8-23(2)9-15(14)26-19(17)20-11-24(18)22-16/h3-6,11H,7-10H2,1-2H3. The number of fused-ring (bicyclic) bond motifs is 5. The Labute approximate surface area is 155 Å². The average molecular weight is 365 g/mol. The van der Waals surface area contributed by atoms with Gasteiger partial charge in [0.25, 0.3) is 0 Å². The summed E-state index contributed by atoms with van der Waals surface area (Å²) in [6.45, 7) is 4.46. The molecule has 7 heteroatoms. The van der Waals surface area contributed by atoms with Crippen molar-refractivity contribution in [3.8, 4) is 5.75 Å². The average Bonchev–Trinajstić information content (AvgIpc) is 3.20. The zero-order valence-corrected chi connectivity index (χ0v) is 15.6. The number of hydrogen-bond acceptors (Lipinski definition) is 6. The van der Waals surface area contributed by atoms with Crippen molar-refractivity contribution in [3.05, 3.63) is 52.4 Å². The van der Waals surface area contributed by atoms with Crippen LogP contribution >= 0.6 is 11.3 Å². The number of rotatable bonds is 3. The fraction of sp³-hybridized carbons (Fsp3) is 0.316. The Balaban J connectivity index is 1.50. The van der Waals surface area contributed by atoms with Crippen molar-refractivity contribution in [2.75, 3.05) is 13.6 Å². The minimum absolute atomic E-state index is 0.349. The van der Waals surface area contributed by atoms with E-state index in [1.807, 2.05) is 24.3 Å². The molecule has 4 heterocycles. The van der Waals surface area contributed by atoms with E-state index in [9.17, 15) is 0 Å². The van der Waals surface area contributed by atoms with Gasteiger partial charge in [-0.1, -0.05) is 17.7 Å². The van der Waals surface area contributed by atoms with Gasteiger partial charge in [0.1, 0.15) is 23.5 Å². The molecule has 0 saturated carbocycles. The normalized spacial score (nSPS) is 14.8. The second kappa shape index (κ2) is 6.03. The molecule has 0 spiro atoms. The van der Waals surface area contributed by atoms with E-state index in [2.05, 4.69) is 29.0 Å². The Morgan fingerprint density at radius 1 is 1.23 bits per heavy atom. The summed E-state index contributed by atoms with van der Waals surface area (Å²) in [7, 11) is 2.16. The Kier molecular flexibility index (Phi) is 3.65. The largest absolute Gasteiger partial charge is 0.486 e. The van der Waals surface area contributed by atoms with Gasteiger partial charge in [0.15, 0.2) is 11.5 Å². The lowest BCUT2D eigenvalue weighted by atomic mass is 10.1. The molecule has 0 fully saturated rings. The van der Waals surface area contributed by atoms with Crippen molar-refractivity contribution >= 4 is 27.2 Å². The topological polar surface area (TPSA) is 55.6 Å². The Morgan fingerprint density at radius 2 is 2.08 bits per heavy atom. The zero-order valence-electron chi connectivity index (χ0n) is 14.8. The summed E-state index contributed by atoms with van der Waals surface area (Å²) in [4.78, 5) is 14.1. The van der Waals surface area contributed by atoms with Gasteiger partial charge >= 0.3 is 0 Å². The van der Waals surface area contributed by atoms with Crippen LogP contribution in [-0.4, -0.2) is 38.1 Å². The van der Waals surface area contributed by atoms with E-state index >= 15 is 0 Å². The minimum atomic E-state index is 0.349. The van der Waals surface area contributed by atoms with Crippen LogP contribution in [0.4, 0.5) is 0 Å². The van der Waals surface area contributed by atoms with Gasteiger partial charge in [-0.3, -0.25) is 0 Å². The highest BCUT2D eigenvalue weighted by Crippen LogP contribution is 2.35. The van der Waals surface area contributed by atoms with Crippen LogP contribution in [0, 0.1) is 6.92 Å². The van der Waals surface area contributed by atoms with Gasteiger partial charge in [-0.25, -0.2) is 14.5 Å². The lowest BCUT2D eigenvalue weighted by Gasteiger charge is -2.21. The van der Waals surface area contributed by atoms with Gasteiger partial charge in [-0.05, 0) is 38.1 Å². The highest BCUT2D eigenvalue weighted by Gasteiger charge is 2.22. The van der Waals surface area contributed by atoms with Crippen LogP contribution < -0.4 is 4.74 Å². The van der Waals surface area contributed by atoms with Crippen molar-refractivity contribution in [1.29, 1.82) is 0 Å². The Bertz CT molecular complexity index is 1100. The lowest BCUT2D eigenvalue weighted by Crippen LogP contribution is -2.25.